The predicted octanol–water partition coefficient (Wildman–Crippen LogP) is 1.17. The minimum absolute atomic E-state index is 0.107. The third kappa shape index (κ3) is 3.11. The van der Waals surface area contributed by atoms with E-state index in [0.29, 0.717) is 18.6 Å². The quantitative estimate of drug-likeness (QED) is 0.683. The molecule has 1 aromatic rings. The van der Waals surface area contributed by atoms with Gasteiger partial charge in [0.25, 0.3) is 0 Å². The molecule has 0 bridgehead atoms. The number of ether oxygens (including phenoxy) is 1. The van der Waals surface area contributed by atoms with E-state index in [-0.39, 0.29) is 18.4 Å². The SMILES string of the molecule is COc1cc([C@H](N)CCCO)ccc1O. The second kappa shape index (κ2) is 5.58. The lowest BCUT2D eigenvalue weighted by Crippen LogP contribution is -2.10. The van der Waals surface area contributed by atoms with Crippen molar-refractivity contribution in [2.45, 2.75) is 18.9 Å². The van der Waals surface area contributed by atoms with Crippen molar-refractivity contribution in [2.24, 2.45) is 5.73 Å². The van der Waals surface area contributed by atoms with Gasteiger partial charge in [-0.3, -0.25) is 0 Å². The first-order chi connectivity index (χ1) is 7.19. The Balaban J connectivity index is 2.76. The van der Waals surface area contributed by atoms with Crippen molar-refractivity contribution >= 4 is 0 Å². The molecule has 4 N–H and O–H groups in total. The minimum Gasteiger partial charge on any atom is -0.504 e. The lowest BCUT2D eigenvalue weighted by Gasteiger charge is -2.13. The number of hydrogen-bond acceptors (Lipinski definition) is 4. The minimum atomic E-state index is -0.133. The second-order valence-corrected chi connectivity index (χ2v) is 3.40. The maximum Gasteiger partial charge on any atom is 0.160 e. The van der Waals surface area contributed by atoms with Gasteiger partial charge in [-0.25, -0.2) is 0 Å². The van der Waals surface area contributed by atoms with Crippen LogP contribution in [0.4, 0.5) is 0 Å². The van der Waals surface area contributed by atoms with Crippen LogP contribution in [0.3, 0.4) is 0 Å². The molecule has 84 valence electrons. The Bertz CT molecular complexity index is 315. The Morgan fingerprint density at radius 1 is 1.47 bits per heavy atom. The lowest BCUT2D eigenvalue weighted by atomic mass is 10.0. The summed E-state index contributed by atoms with van der Waals surface area (Å²) in [4.78, 5) is 0. The van der Waals surface area contributed by atoms with E-state index in [1.807, 2.05) is 0 Å². The molecular formula is C11H17NO3. The summed E-state index contributed by atoms with van der Waals surface area (Å²) in [5.41, 5.74) is 6.81. The van der Waals surface area contributed by atoms with E-state index in [2.05, 4.69) is 0 Å². The van der Waals surface area contributed by atoms with Crippen molar-refractivity contribution in [1.29, 1.82) is 0 Å². The normalized spacial score (nSPS) is 12.5. The number of nitrogens with two attached hydrogens (primary N) is 1. The molecule has 0 heterocycles. The van der Waals surface area contributed by atoms with Gasteiger partial charge in [-0.05, 0) is 30.5 Å². The molecule has 0 aliphatic carbocycles. The highest BCUT2D eigenvalue weighted by molar-refractivity contribution is 5.42. The van der Waals surface area contributed by atoms with E-state index in [0.717, 1.165) is 5.56 Å². The zero-order valence-electron chi connectivity index (χ0n) is 8.81. The summed E-state index contributed by atoms with van der Waals surface area (Å²) in [5.74, 6) is 0.530. The number of aromatic hydroxyl groups is 1. The molecule has 0 fully saturated rings. The molecule has 0 saturated heterocycles. The Hall–Kier alpha value is -1.26. The van der Waals surface area contributed by atoms with E-state index >= 15 is 0 Å². The summed E-state index contributed by atoms with van der Waals surface area (Å²) in [6, 6.07) is 4.91. The Labute approximate surface area is 89.3 Å². The van der Waals surface area contributed by atoms with E-state index in [4.69, 9.17) is 15.6 Å². The van der Waals surface area contributed by atoms with Crippen LogP contribution in [-0.4, -0.2) is 23.9 Å². The number of aliphatic hydroxyl groups excluding tert-OH is 1. The highest BCUT2D eigenvalue weighted by Crippen LogP contribution is 2.29. The number of rotatable bonds is 5. The first-order valence-corrected chi connectivity index (χ1v) is 4.92. The monoisotopic (exact) mass is 211 g/mol. The van der Waals surface area contributed by atoms with Crippen molar-refractivity contribution in [1.82, 2.24) is 0 Å². The molecular weight excluding hydrogens is 194 g/mol. The van der Waals surface area contributed by atoms with E-state index in [1.54, 1.807) is 18.2 Å². The molecule has 0 aromatic heterocycles. The standard InChI is InChI=1S/C11H17NO3/c1-15-11-7-8(4-5-10(11)14)9(12)3-2-6-13/h4-5,7,9,13-14H,2-3,6,12H2,1H3/t9-/m1/s1. The largest absolute Gasteiger partial charge is 0.504 e. The van der Waals surface area contributed by atoms with Crippen molar-refractivity contribution in [3.05, 3.63) is 23.8 Å². The van der Waals surface area contributed by atoms with Gasteiger partial charge < -0.3 is 20.7 Å². The molecule has 0 amide bonds. The fourth-order valence-electron chi connectivity index (χ4n) is 1.40. The summed E-state index contributed by atoms with van der Waals surface area (Å²) in [7, 11) is 1.50. The summed E-state index contributed by atoms with van der Waals surface area (Å²) < 4.78 is 4.99. The molecule has 0 saturated carbocycles. The summed E-state index contributed by atoms with van der Waals surface area (Å²) in [6.07, 6.45) is 1.38. The van der Waals surface area contributed by atoms with Crippen LogP contribution in [0.5, 0.6) is 11.5 Å². The van der Waals surface area contributed by atoms with Crippen molar-refractivity contribution in [2.75, 3.05) is 13.7 Å². The van der Waals surface area contributed by atoms with Gasteiger partial charge in [0, 0.05) is 12.6 Å². The number of phenols is 1. The van der Waals surface area contributed by atoms with Crippen molar-refractivity contribution in [3.63, 3.8) is 0 Å². The Kier molecular flexibility index (Phi) is 4.39. The molecule has 0 aliphatic heterocycles. The van der Waals surface area contributed by atoms with Crippen LogP contribution in [0.25, 0.3) is 0 Å². The summed E-state index contributed by atoms with van der Waals surface area (Å²) in [6.45, 7) is 0.142. The van der Waals surface area contributed by atoms with E-state index < -0.39 is 0 Å². The van der Waals surface area contributed by atoms with E-state index in [9.17, 15) is 5.11 Å². The molecule has 1 rings (SSSR count). The van der Waals surface area contributed by atoms with Crippen LogP contribution in [0.1, 0.15) is 24.4 Å². The molecule has 4 nitrogen and oxygen atoms in total. The van der Waals surface area contributed by atoms with Crippen LogP contribution in [0.15, 0.2) is 18.2 Å². The maximum absolute atomic E-state index is 9.39. The third-order valence-corrected chi connectivity index (χ3v) is 2.31. The number of methoxy groups -OCH3 is 1. The number of benzene rings is 1. The molecule has 4 heteroatoms. The topological polar surface area (TPSA) is 75.7 Å². The van der Waals surface area contributed by atoms with E-state index in [1.165, 1.54) is 7.11 Å². The zero-order valence-corrected chi connectivity index (χ0v) is 8.81. The number of hydrogen-bond donors (Lipinski definition) is 3. The van der Waals surface area contributed by atoms with Gasteiger partial charge in [0.2, 0.25) is 0 Å². The number of phenolic OH excluding ortho intramolecular Hbond substituents is 1. The fraction of sp³-hybridized carbons (Fsp3) is 0.455. The van der Waals surface area contributed by atoms with Crippen molar-refractivity contribution < 1.29 is 14.9 Å². The number of aliphatic hydroxyl groups is 1. The predicted molar refractivity (Wildman–Crippen MR) is 57.9 cm³/mol. The first kappa shape index (κ1) is 11.8. The average molecular weight is 211 g/mol. The molecule has 0 radical (unpaired) electrons. The van der Waals surface area contributed by atoms with Crippen LogP contribution in [0, 0.1) is 0 Å². The van der Waals surface area contributed by atoms with Gasteiger partial charge in [0.05, 0.1) is 7.11 Å². The van der Waals surface area contributed by atoms with Crippen molar-refractivity contribution in [3.8, 4) is 11.5 Å². The lowest BCUT2D eigenvalue weighted by molar-refractivity contribution is 0.280. The third-order valence-electron chi connectivity index (χ3n) is 2.31. The molecule has 1 aromatic carbocycles. The Morgan fingerprint density at radius 2 is 2.20 bits per heavy atom. The van der Waals surface area contributed by atoms with Crippen LogP contribution in [-0.2, 0) is 0 Å². The average Bonchev–Trinajstić information content (AvgIpc) is 2.26. The van der Waals surface area contributed by atoms with Gasteiger partial charge in [-0.15, -0.1) is 0 Å². The molecule has 0 unspecified atom stereocenters. The maximum atomic E-state index is 9.39. The highest BCUT2D eigenvalue weighted by Gasteiger charge is 2.09. The first-order valence-electron chi connectivity index (χ1n) is 4.92. The molecule has 1 atom stereocenters. The van der Waals surface area contributed by atoms with Crippen LogP contribution in [0.2, 0.25) is 0 Å². The highest BCUT2D eigenvalue weighted by atomic mass is 16.5. The summed E-state index contributed by atoms with van der Waals surface area (Å²) >= 11 is 0. The van der Waals surface area contributed by atoms with Gasteiger partial charge in [0.15, 0.2) is 11.5 Å². The van der Waals surface area contributed by atoms with Gasteiger partial charge in [-0.2, -0.15) is 0 Å². The van der Waals surface area contributed by atoms with Gasteiger partial charge in [-0.1, -0.05) is 6.07 Å². The van der Waals surface area contributed by atoms with Gasteiger partial charge >= 0.3 is 0 Å². The Morgan fingerprint density at radius 3 is 2.80 bits per heavy atom. The smallest absolute Gasteiger partial charge is 0.160 e. The molecule has 0 aliphatic rings. The molecule has 15 heavy (non-hydrogen) atoms. The summed E-state index contributed by atoms with van der Waals surface area (Å²) in [5, 5.41) is 18.1. The van der Waals surface area contributed by atoms with Crippen LogP contribution < -0.4 is 10.5 Å². The zero-order chi connectivity index (χ0) is 11.3. The fourth-order valence-corrected chi connectivity index (χ4v) is 1.40. The van der Waals surface area contributed by atoms with Gasteiger partial charge in [0.1, 0.15) is 0 Å². The molecule has 0 spiro atoms. The second-order valence-electron chi connectivity index (χ2n) is 3.40. The van der Waals surface area contributed by atoms with Crippen LogP contribution >= 0.6 is 0 Å².